The number of ketones is 2. The van der Waals surface area contributed by atoms with Crippen molar-refractivity contribution in [1.29, 1.82) is 0 Å². The summed E-state index contributed by atoms with van der Waals surface area (Å²) in [6.45, 7) is 1.27. The Labute approximate surface area is 77.7 Å². The van der Waals surface area contributed by atoms with E-state index in [1.807, 2.05) is 0 Å². The van der Waals surface area contributed by atoms with E-state index >= 15 is 0 Å². The molecule has 0 aliphatic carbocycles. The van der Waals surface area contributed by atoms with Gasteiger partial charge < -0.3 is 0 Å². The van der Waals surface area contributed by atoms with Gasteiger partial charge >= 0.3 is 0 Å². The molecule has 0 aromatic carbocycles. The van der Waals surface area contributed by atoms with Gasteiger partial charge in [0.2, 0.25) is 5.78 Å². The van der Waals surface area contributed by atoms with Crippen LogP contribution in [0.15, 0.2) is 16.9 Å². The maximum atomic E-state index is 10.9. The molecule has 0 aliphatic heterocycles. The summed E-state index contributed by atoms with van der Waals surface area (Å²) >= 11 is 3.18. The zero-order chi connectivity index (χ0) is 9.14. The highest BCUT2D eigenvalue weighted by molar-refractivity contribution is 9.10. The normalized spacial score (nSPS) is 9.83. The van der Waals surface area contributed by atoms with Crippen molar-refractivity contribution >= 4 is 27.5 Å². The first-order valence-electron chi connectivity index (χ1n) is 3.31. The van der Waals surface area contributed by atoms with Crippen LogP contribution in [0.4, 0.5) is 0 Å². The summed E-state index contributed by atoms with van der Waals surface area (Å²) in [5, 5.41) is 3.83. The molecule has 12 heavy (non-hydrogen) atoms. The van der Waals surface area contributed by atoms with Crippen molar-refractivity contribution in [3.05, 3.63) is 16.9 Å². The number of carbonyl (C=O) groups excluding carboxylic acids is 2. The smallest absolute Gasteiger partial charge is 0.219 e. The largest absolute Gasteiger partial charge is 0.291 e. The highest BCUT2D eigenvalue weighted by Gasteiger charge is 2.08. The minimum absolute atomic E-state index is 0.0148. The van der Waals surface area contributed by atoms with Gasteiger partial charge in [-0.25, -0.2) is 0 Å². The van der Waals surface area contributed by atoms with E-state index in [-0.39, 0.29) is 6.54 Å². The van der Waals surface area contributed by atoms with E-state index in [2.05, 4.69) is 21.0 Å². The second-order valence-corrected chi connectivity index (χ2v) is 3.25. The third-order valence-corrected chi connectivity index (χ3v) is 1.71. The Kier molecular flexibility index (Phi) is 2.75. The molecule has 1 heterocycles. The van der Waals surface area contributed by atoms with Gasteiger partial charge in [-0.1, -0.05) is 0 Å². The zero-order valence-corrected chi connectivity index (χ0v) is 8.04. The van der Waals surface area contributed by atoms with Gasteiger partial charge in [0.1, 0.15) is 6.54 Å². The maximum Gasteiger partial charge on any atom is 0.219 e. The van der Waals surface area contributed by atoms with Crippen LogP contribution in [0.2, 0.25) is 0 Å². The Bertz CT molecular complexity index is 319. The summed E-state index contributed by atoms with van der Waals surface area (Å²) in [5.41, 5.74) is 0. The lowest BCUT2D eigenvalue weighted by atomic mass is 10.3. The molecule has 1 aromatic heterocycles. The molecule has 0 fully saturated rings. The summed E-state index contributed by atoms with van der Waals surface area (Å²) in [7, 11) is 0. The molecule has 4 nitrogen and oxygen atoms in total. The minimum atomic E-state index is -0.443. The summed E-state index contributed by atoms with van der Waals surface area (Å²) in [5.74, 6) is -0.882. The summed E-state index contributed by atoms with van der Waals surface area (Å²) < 4.78 is 2.20. The van der Waals surface area contributed by atoms with Crippen molar-refractivity contribution in [2.24, 2.45) is 0 Å². The van der Waals surface area contributed by atoms with Crippen LogP contribution >= 0.6 is 15.9 Å². The molecule has 0 amide bonds. The van der Waals surface area contributed by atoms with Crippen molar-refractivity contribution < 1.29 is 9.59 Å². The van der Waals surface area contributed by atoms with Crippen molar-refractivity contribution in [3.8, 4) is 0 Å². The van der Waals surface area contributed by atoms with Crippen LogP contribution in [0.5, 0.6) is 0 Å². The third kappa shape index (κ3) is 2.27. The van der Waals surface area contributed by atoms with Crippen LogP contribution in [0.1, 0.15) is 6.92 Å². The molecule has 0 unspecified atom stereocenters. The van der Waals surface area contributed by atoms with Crippen molar-refractivity contribution in [1.82, 2.24) is 9.78 Å². The van der Waals surface area contributed by atoms with E-state index < -0.39 is 11.6 Å². The lowest BCUT2D eigenvalue weighted by molar-refractivity contribution is -0.135. The van der Waals surface area contributed by atoms with Gasteiger partial charge in [0.05, 0.1) is 10.7 Å². The number of Topliss-reactive ketones (excluding diaryl/α,β-unsaturated/α-hetero) is 2. The Hall–Kier alpha value is -0.970. The van der Waals surface area contributed by atoms with Crippen LogP contribution in [-0.2, 0) is 16.1 Å². The summed E-state index contributed by atoms with van der Waals surface area (Å²) in [6.07, 6.45) is 3.20. The second-order valence-electron chi connectivity index (χ2n) is 2.34. The molecular formula is C7H7BrN2O2. The lowest BCUT2D eigenvalue weighted by Crippen LogP contribution is -2.17. The number of rotatable bonds is 3. The number of hydrogen-bond donors (Lipinski definition) is 0. The second kappa shape index (κ2) is 3.62. The standard InChI is InChI=1S/C7H7BrN2O2/c1-5(11)7(12)4-10-3-6(8)2-9-10/h2-3H,4H2,1H3. The molecule has 0 saturated carbocycles. The zero-order valence-electron chi connectivity index (χ0n) is 6.45. The Morgan fingerprint density at radius 3 is 2.75 bits per heavy atom. The number of hydrogen-bond acceptors (Lipinski definition) is 3. The molecule has 0 radical (unpaired) electrons. The molecule has 0 bridgehead atoms. The van der Waals surface area contributed by atoms with Crippen molar-refractivity contribution in [2.45, 2.75) is 13.5 Å². The highest BCUT2D eigenvalue weighted by atomic mass is 79.9. The van der Waals surface area contributed by atoms with E-state index in [1.165, 1.54) is 11.6 Å². The quantitative estimate of drug-likeness (QED) is 0.723. The van der Waals surface area contributed by atoms with Crippen LogP contribution < -0.4 is 0 Å². The highest BCUT2D eigenvalue weighted by Crippen LogP contribution is 2.05. The van der Waals surface area contributed by atoms with Gasteiger partial charge in [0, 0.05) is 13.1 Å². The Morgan fingerprint density at radius 1 is 1.67 bits per heavy atom. The van der Waals surface area contributed by atoms with Crippen molar-refractivity contribution in [2.75, 3.05) is 0 Å². The van der Waals surface area contributed by atoms with E-state index in [0.29, 0.717) is 0 Å². The van der Waals surface area contributed by atoms with Crippen LogP contribution in [-0.4, -0.2) is 21.3 Å². The fourth-order valence-corrected chi connectivity index (χ4v) is 1.01. The van der Waals surface area contributed by atoms with Gasteiger partial charge in [0.25, 0.3) is 0 Å². The number of nitrogens with zero attached hydrogens (tertiary/aromatic N) is 2. The first-order valence-corrected chi connectivity index (χ1v) is 4.10. The van der Waals surface area contributed by atoms with Gasteiger partial charge in [-0.3, -0.25) is 14.3 Å². The summed E-state index contributed by atoms with van der Waals surface area (Å²) in [4.78, 5) is 21.4. The van der Waals surface area contributed by atoms with E-state index in [1.54, 1.807) is 12.4 Å². The molecule has 0 spiro atoms. The van der Waals surface area contributed by atoms with Crippen LogP contribution in [0, 0.1) is 0 Å². The molecule has 1 rings (SSSR count). The first-order chi connectivity index (χ1) is 5.59. The van der Waals surface area contributed by atoms with E-state index in [0.717, 1.165) is 4.47 Å². The number of carbonyl (C=O) groups is 2. The number of aromatic nitrogens is 2. The van der Waals surface area contributed by atoms with Gasteiger partial charge in [-0.15, -0.1) is 0 Å². The fraction of sp³-hybridized carbons (Fsp3) is 0.286. The van der Waals surface area contributed by atoms with Gasteiger partial charge in [0.15, 0.2) is 5.78 Å². The average Bonchev–Trinajstić information content (AvgIpc) is 2.35. The Balaban J connectivity index is 2.64. The maximum absolute atomic E-state index is 10.9. The number of halogens is 1. The topological polar surface area (TPSA) is 52.0 Å². The SMILES string of the molecule is CC(=O)C(=O)Cn1cc(Br)cn1. The summed E-state index contributed by atoms with van der Waals surface area (Å²) in [6, 6.07) is 0. The van der Waals surface area contributed by atoms with E-state index in [4.69, 9.17) is 0 Å². The van der Waals surface area contributed by atoms with Gasteiger partial charge in [-0.05, 0) is 15.9 Å². The molecular weight excluding hydrogens is 224 g/mol. The van der Waals surface area contributed by atoms with Crippen LogP contribution in [0.3, 0.4) is 0 Å². The molecule has 0 aliphatic rings. The Morgan fingerprint density at radius 2 is 2.33 bits per heavy atom. The monoisotopic (exact) mass is 230 g/mol. The molecule has 0 saturated heterocycles. The predicted octanol–water partition coefficient (Wildman–Crippen LogP) is 0.804. The first kappa shape index (κ1) is 9.12. The fourth-order valence-electron chi connectivity index (χ4n) is 0.683. The average molecular weight is 231 g/mol. The van der Waals surface area contributed by atoms with Gasteiger partial charge in [-0.2, -0.15) is 5.10 Å². The lowest BCUT2D eigenvalue weighted by Gasteiger charge is -1.95. The molecule has 0 atom stereocenters. The minimum Gasteiger partial charge on any atom is -0.291 e. The molecule has 0 N–H and O–H groups in total. The van der Waals surface area contributed by atoms with Crippen LogP contribution in [0.25, 0.3) is 0 Å². The molecule has 1 aromatic rings. The molecule has 5 heteroatoms. The molecule has 64 valence electrons. The third-order valence-electron chi connectivity index (χ3n) is 1.30. The predicted molar refractivity (Wildman–Crippen MR) is 45.6 cm³/mol. The van der Waals surface area contributed by atoms with Crippen molar-refractivity contribution in [3.63, 3.8) is 0 Å². The van der Waals surface area contributed by atoms with E-state index in [9.17, 15) is 9.59 Å².